The van der Waals surface area contributed by atoms with E-state index in [-0.39, 0.29) is 40.3 Å². The van der Waals surface area contributed by atoms with E-state index in [2.05, 4.69) is 32.9 Å². The van der Waals surface area contributed by atoms with E-state index in [0.29, 0.717) is 5.92 Å². The molecule has 3 fully saturated rings. The number of hydrogen-bond donors (Lipinski definition) is 0. The average molecular weight is 396 g/mol. The van der Waals surface area contributed by atoms with Crippen LogP contribution >= 0.6 is 0 Å². The predicted molar refractivity (Wildman–Crippen MR) is 113 cm³/mol. The lowest BCUT2D eigenvalue weighted by Gasteiger charge is -2.38. The SMILES string of the molecule is CC1(C)C2CCC1(C)C(n1c(=O)n3n(c1=O)C1C4=CC3C=C1CCCCCC4)C2. The molecule has 0 radical (unpaired) electrons. The second-order valence-corrected chi connectivity index (χ2v) is 11.0. The number of nitrogens with zero attached hydrogens (tertiary/aromatic N) is 3. The van der Waals surface area contributed by atoms with E-state index in [1.54, 1.807) is 9.25 Å². The Labute approximate surface area is 172 Å². The summed E-state index contributed by atoms with van der Waals surface area (Å²) in [4.78, 5) is 27.4. The summed E-state index contributed by atoms with van der Waals surface area (Å²) in [5.74, 6) is 0.610. The van der Waals surface area contributed by atoms with Gasteiger partial charge in [-0.1, -0.05) is 45.8 Å². The molecule has 3 saturated carbocycles. The Bertz CT molecular complexity index is 1040. The molecule has 0 amide bonds. The zero-order chi connectivity index (χ0) is 20.1. The largest absolute Gasteiger partial charge is 0.348 e. The van der Waals surface area contributed by atoms with Gasteiger partial charge in [-0.05, 0) is 72.8 Å². The molecule has 0 spiro atoms. The summed E-state index contributed by atoms with van der Waals surface area (Å²) in [6, 6.07) is -0.0632. The van der Waals surface area contributed by atoms with Gasteiger partial charge in [-0.15, -0.1) is 0 Å². The van der Waals surface area contributed by atoms with Gasteiger partial charge >= 0.3 is 11.4 Å². The van der Waals surface area contributed by atoms with Crippen LogP contribution in [0, 0.1) is 16.7 Å². The van der Waals surface area contributed by atoms with E-state index in [0.717, 1.165) is 25.7 Å². The Kier molecular flexibility index (Phi) is 3.53. The van der Waals surface area contributed by atoms with E-state index < -0.39 is 0 Å². The van der Waals surface area contributed by atoms with E-state index in [4.69, 9.17) is 0 Å². The van der Waals surface area contributed by atoms with Gasteiger partial charge in [0.1, 0.15) is 0 Å². The van der Waals surface area contributed by atoms with Crippen molar-refractivity contribution in [3.05, 3.63) is 44.3 Å². The molecule has 5 heteroatoms. The van der Waals surface area contributed by atoms with Crippen molar-refractivity contribution in [3.8, 4) is 0 Å². The molecule has 0 saturated heterocycles. The summed E-state index contributed by atoms with van der Waals surface area (Å²) in [6.45, 7) is 7.02. The van der Waals surface area contributed by atoms with Gasteiger partial charge in [0.05, 0.1) is 12.1 Å². The van der Waals surface area contributed by atoms with Crippen molar-refractivity contribution >= 4 is 0 Å². The van der Waals surface area contributed by atoms with Crippen molar-refractivity contribution in [3.63, 3.8) is 0 Å². The highest BCUT2D eigenvalue weighted by atomic mass is 16.2. The van der Waals surface area contributed by atoms with Crippen molar-refractivity contribution < 1.29 is 0 Å². The summed E-state index contributed by atoms with van der Waals surface area (Å²) in [5, 5.41) is 0. The van der Waals surface area contributed by atoms with Gasteiger partial charge in [0.15, 0.2) is 0 Å². The maximum Gasteiger partial charge on any atom is 0.348 e. The third-order valence-electron chi connectivity index (χ3n) is 9.78. The smallest absolute Gasteiger partial charge is 0.246 e. The highest BCUT2D eigenvalue weighted by molar-refractivity contribution is 5.36. The summed E-state index contributed by atoms with van der Waals surface area (Å²) in [5.41, 5.74) is 2.80. The first kappa shape index (κ1) is 18.0. The molecule has 1 aromatic heterocycles. The van der Waals surface area contributed by atoms with Crippen molar-refractivity contribution in [2.75, 3.05) is 0 Å². The average Bonchev–Trinajstić information content (AvgIpc) is 3.18. The zero-order valence-corrected chi connectivity index (χ0v) is 18.0. The molecule has 29 heavy (non-hydrogen) atoms. The fourth-order valence-corrected chi connectivity index (χ4v) is 7.63. The monoisotopic (exact) mass is 395 g/mol. The number of fused-ring (bicyclic) bond motifs is 2. The second-order valence-electron chi connectivity index (χ2n) is 11.0. The molecule has 0 aromatic carbocycles. The molecule has 0 N–H and O–H groups in total. The summed E-state index contributed by atoms with van der Waals surface area (Å²) >= 11 is 0. The Morgan fingerprint density at radius 3 is 2.07 bits per heavy atom. The lowest BCUT2D eigenvalue weighted by atomic mass is 9.69. The van der Waals surface area contributed by atoms with Crippen LogP contribution in [-0.2, 0) is 0 Å². The van der Waals surface area contributed by atoms with Gasteiger partial charge < -0.3 is 0 Å². The Balaban J connectivity index is 1.51. The summed E-state index contributed by atoms with van der Waals surface area (Å²) in [7, 11) is 0. The van der Waals surface area contributed by atoms with Gasteiger partial charge in [0, 0.05) is 6.04 Å². The molecular weight excluding hydrogens is 362 g/mol. The normalized spacial score (nSPS) is 39.4. The van der Waals surface area contributed by atoms with E-state index >= 15 is 0 Å². The fraction of sp³-hybridized carbons (Fsp3) is 0.750. The lowest BCUT2D eigenvalue weighted by molar-refractivity contribution is 0.103. The lowest BCUT2D eigenvalue weighted by Crippen LogP contribution is -2.42. The molecule has 3 heterocycles. The molecule has 3 unspecified atom stereocenters. The molecular formula is C24H33N3O2. The third-order valence-corrected chi connectivity index (χ3v) is 9.78. The molecule has 6 bridgehead atoms. The van der Waals surface area contributed by atoms with Crippen molar-refractivity contribution in [2.24, 2.45) is 16.7 Å². The molecule has 156 valence electrons. The van der Waals surface area contributed by atoms with Crippen molar-refractivity contribution in [1.29, 1.82) is 0 Å². The number of hydrogen-bond acceptors (Lipinski definition) is 2. The number of allylic oxidation sites excluding steroid dienone is 4. The predicted octanol–water partition coefficient (Wildman–Crippen LogP) is 4.52. The number of aromatic nitrogens is 3. The van der Waals surface area contributed by atoms with Crippen LogP contribution in [0.25, 0.3) is 0 Å². The first-order chi connectivity index (χ1) is 13.8. The van der Waals surface area contributed by atoms with Crippen molar-refractivity contribution in [2.45, 2.75) is 96.7 Å². The minimum atomic E-state index is -0.0833. The summed E-state index contributed by atoms with van der Waals surface area (Å²) < 4.78 is 5.31. The minimum Gasteiger partial charge on any atom is -0.246 e. The highest BCUT2D eigenvalue weighted by Gasteiger charge is 2.63. The summed E-state index contributed by atoms with van der Waals surface area (Å²) in [6.07, 6.45) is 14.9. The van der Waals surface area contributed by atoms with E-state index in [9.17, 15) is 9.59 Å². The molecule has 3 atom stereocenters. The Hall–Kier alpha value is -1.78. The van der Waals surface area contributed by atoms with E-state index in [1.165, 1.54) is 43.3 Å². The topological polar surface area (TPSA) is 48.9 Å². The zero-order valence-electron chi connectivity index (χ0n) is 18.0. The van der Waals surface area contributed by atoms with Crippen LogP contribution in [0.5, 0.6) is 0 Å². The van der Waals surface area contributed by atoms with Crippen LogP contribution in [0.3, 0.4) is 0 Å². The molecule has 1 aromatic rings. The van der Waals surface area contributed by atoms with Gasteiger partial charge in [-0.25, -0.2) is 23.5 Å². The van der Waals surface area contributed by atoms with Gasteiger partial charge in [-0.3, -0.25) is 0 Å². The molecule has 5 nitrogen and oxygen atoms in total. The van der Waals surface area contributed by atoms with Crippen LogP contribution in [0.1, 0.15) is 96.7 Å². The molecule has 2 aliphatic heterocycles. The van der Waals surface area contributed by atoms with Crippen LogP contribution in [0.4, 0.5) is 0 Å². The van der Waals surface area contributed by atoms with E-state index in [1.807, 2.05) is 4.68 Å². The maximum absolute atomic E-state index is 13.8. The Morgan fingerprint density at radius 1 is 0.897 bits per heavy atom. The Morgan fingerprint density at radius 2 is 1.52 bits per heavy atom. The molecule has 7 rings (SSSR count). The fourth-order valence-electron chi connectivity index (χ4n) is 7.63. The molecule has 4 aliphatic carbocycles. The third kappa shape index (κ3) is 2.07. The molecule has 6 aliphatic rings. The maximum atomic E-state index is 13.8. The second kappa shape index (κ2) is 5.67. The highest BCUT2D eigenvalue weighted by Crippen LogP contribution is 2.69. The van der Waals surface area contributed by atoms with Gasteiger partial charge in [0.2, 0.25) is 0 Å². The van der Waals surface area contributed by atoms with Crippen LogP contribution < -0.4 is 11.4 Å². The first-order valence-electron chi connectivity index (χ1n) is 11.7. The first-order valence-corrected chi connectivity index (χ1v) is 11.7. The van der Waals surface area contributed by atoms with Crippen LogP contribution in [-0.4, -0.2) is 13.9 Å². The van der Waals surface area contributed by atoms with Gasteiger partial charge in [-0.2, -0.15) is 0 Å². The van der Waals surface area contributed by atoms with Gasteiger partial charge in [0.25, 0.3) is 0 Å². The van der Waals surface area contributed by atoms with Crippen LogP contribution in [0.15, 0.2) is 32.9 Å². The quantitative estimate of drug-likeness (QED) is 0.657. The standard InChI is InChI=1S/C24H33N3O2/c1-23(2)17-10-11-24(23,3)19(14-17)25-21(28)26-18-12-15-8-6-4-5-7-9-16(13-18)20(15)27(26)22(25)29/h12-13,17-20H,4-11,14H2,1-3H3. The number of rotatable bonds is 1. The minimum absolute atomic E-state index is 0.0149. The van der Waals surface area contributed by atoms with Crippen LogP contribution in [0.2, 0.25) is 0 Å². The van der Waals surface area contributed by atoms with Crippen molar-refractivity contribution in [1.82, 2.24) is 13.9 Å².